The van der Waals surface area contributed by atoms with Gasteiger partial charge in [0.25, 0.3) is 0 Å². The van der Waals surface area contributed by atoms with Gasteiger partial charge in [-0.3, -0.25) is 9.78 Å². The van der Waals surface area contributed by atoms with Crippen molar-refractivity contribution in [3.8, 4) is 0 Å². The molecule has 0 aliphatic heterocycles. The summed E-state index contributed by atoms with van der Waals surface area (Å²) in [6.07, 6.45) is 8.13. The molecular formula is C21H21FN2O. The molecule has 25 heavy (non-hydrogen) atoms. The first kappa shape index (κ1) is 16.0. The summed E-state index contributed by atoms with van der Waals surface area (Å²) in [6, 6.07) is 11.7. The van der Waals surface area contributed by atoms with Crippen molar-refractivity contribution in [1.82, 2.24) is 9.88 Å². The third-order valence-corrected chi connectivity index (χ3v) is 5.46. The molecule has 128 valence electrons. The van der Waals surface area contributed by atoms with Crippen molar-refractivity contribution in [3.05, 3.63) is 77.9 Å². The second kappa shape index (κ2) is 6.43. The van der Waals surface area contributed by atoms with Crippen molar-refractivity contribution in [2.45, 2.75) is 18.9 Å². The van der Waals surface area contributed by atoms with Gasteiger partial charge in [-0.1, -0.05) is 30.4 Å². The van der Waals surface area contributed by atoms with E-state index in [1.807, 2.05) is 31.3 Å². The maximum Gasteiger partial charge on any atom is 0.226 e. The summed E-state index contributed by atoms with van der Waals surface area (Å²) in [5.74, 6) is 0.727. The van der Waals surface area contributed by atoms with Crippen LogP contribution >= 0.6 is 0 Å². The number of allylic oxidation sites excluding steroid dienone is 2. The number of pyridine rings is 1. The third-order valence-electron chi connectivity index (χ3n) is 5.46. The van der Waals surface area contributed by atoms with Crippen molar-refractivity contribution in [2.24, 2.45) is 17.8 Å². The van der Waals surface area contributed by atoms with Gasteiger partial charge in [-0.15, -0.1) is 0 Å². The predicted molar refractivity (Wildman–Crippen MR) is 94.1 cm³/mol. The van der Waals surface area contributed by atoms with Crippen molar-refractivity contribution >= 4 is 5.91 Å². The number of hydrogen-bond acceptors (Lipinski definition) is 2. The van der Waals surface area contributed by atoms with E-state index in [-0.39, 0.29) is 23.7 Å². The highest BCUT2D eigenvalue weighted by atomic mass is 19.1. The van der Waals surface area contributed by atoms with Crippen LogP contribution in [0.1, 0.15) is 30.1 Å². The molecule has 1 heterocycles. The topological polar surface area (TPSA) is 33.2 Å². The summed E-state index contributed by atoms with van der Waals surface area (Å²) < 4.78 is 13.8. The Labute approximate surface area is 147 Å². The summed E-state index contributed by atoms with van der Waals surface area (Å²) in [6.45, 7) is 0. The van der Waals surface area contributed by atoms with Crippen LogP contribution in [0.3, 0.4) is 0 Å². The van der Waals surface area contributed by atoms with Gasteiger partial charge in [0, 0.05) is 19.2 Å². The van der Waals surface area contributed by atoms with E-state index in [1.54, 1.807) is 17.2 Å². The van der Waals surface area contributed by atoms with E-state index in [2.05, 4.69) is 17.1 Å². The lowest BCUT2D eigenvalue weighted by atomic mass is 9.91. The van der Waals surface area contributed by atoms with E-state index < -0.39 is 0 Å². The molecule has 4 rings (SSSR count). The van der Waals surface area contributed by atoms with Gasteiger partial charge in [-0.25, -0.2) is 4.39 Å². The van der Waals surface area contributed by atoms with Crippen molar-refractivity contribution < 1.29 is 9.18 Å². The van der Waals surface area contributed by atoms with Crippen LogP contribution in [0, 0.1) is 23.6 Å². The Hall–Kier alpha value is -2.49. The van der Waals surface area contributed by atoms with Crippen LogP contribution < -0.4 is 0 Å². The van der Waals surface area contributed by atoms with Gasteiger partial charge < -0.3 is 4.90 Å². The van der Waals surface area contributed by atoms with Crippen LogP contribution in [0.15, 0.2) is 60.8 Å². The van der Waals surface area contributed by atoms with E-state index in [0.717, 1.165) is 24.1 Å². The Morgan fingerprint density at radius 2 is 2.08 bits per heavy atom. The molecule has 1 fully saturated rings. The number of amides is 1. The summed E-state index contributed by atoms with van der Waals surface area (Å²) in [5, 5.41) is 0. The van der Waals surface area contributed by atoms with Gasteiger partial charge in [0.2, 0.25) is 5.91 Å². The van der Waals surface area contributed by atoms with Gasteiger partial charge in [0.15, 0.2) is 0 Å². The number of hydrogen-bond donors (Lipinski definition) is 0. The number of nitrogens with zero attached hydrogens (tertiary/aromatic N) is 2. The lowest BCUT2D eigenvalue weighted by Crippen LogP contribution is -2.38. The molecular weight excluding hydrogens is 315 g/mol. The molecule has 4 atom stereocenters. The number of halogens is 1. The molecule has 0 spiro atoms. The normalized spacial score (nSPS) is 25.1. The zero-order valence-electron chi connectivity index (χ0n) is 14.2. The van der Waals surface area contributed by atoms with Crippen LogP contribution in [-0.2, 0) is 4.79 Å². The molecule has 2 aliphatic carbocycles. The highest BCUT2D eigenvalue weighted by Crippen LogP contribution is 2.45. The number of rotatable bonds is 4. The fraction of sp³-hybridized carbons (Fsp3) is 0.333. The van der Waals surface area contributed by atoms with Gasteiger partial charge in [0.05, 0.1) is 11.7 Å². The van der Waals surface area contributed by atoms with Crippen molar-refractivity contribution in [3.63, 3.8) is 0 Å². The zero-order chi connectivity index (χ0) is 17.4. The van der Waals surface area contributed by atoms with Crippen molar-refractivity contribution in [1.29, 1.82) is 0 Å². The second-order valence-corrected chi connectivity index (χ2v) is 7.05. The average Bonchev–Trinajstić information content (AvgIpc) is 3.25. The number of benzene rings is 1. The Kier molecular flexibility index (Phi) is 4.12. The number of aromatic nitrogens is 1. The average molecular weight is 336 g/mol. The molecule has 1 aromatic heterocycles. The molecule has 0 unspecified atom stereocenters. The number of carbonyl (C=O) groups excluding carboxylic acids is 1. The predicted octanol–water partition coefficient (Wildman–Crippen LogP) is 3.98. The zero-order valence-corrected chi connectivity index (χ0v) is 14.2. The first-order valence-electron chi connectivity index (χ1n) is 8.75. The Morgan fingerprint density at radius 3 is 2.72 bits per heavy atom. The maximum atomic E-state index is 13.8. The minimum Gasteiger partial charge on any atom is -0.333 e. The minimum atomic E-state index is -0.382. The monoisotopic (exact) mass is 336 g/mol. The molecule has 0 saturated heterocycles. The van der Waals surface area contributed by atoms with Crippen molar-refractivity contribution in [2.75, 3.05) is 7.05 Å². The Morgan fingerprint density at radius 1 is 1.20 bits per heavy atom. The SMILES string of the molecule is CN(C(=O)[C@H]1C[C@@H]2C=C[C@@H]1C2)[C@@H](c1cccc(F)c1)c1ccccn1. The van der Waals surface area contributed by atoms with Crippen LogP contribution in [0.5, 0.6) is 0 Å². The van der Waals surface area contributed by atoms with Crippen LogP contribution in [0.25, 0.3) is 0 Å². The Balaban J connectivity index is 1.68. The van der Waals surface area contributed by atoms with Crippen LogP contribution in [0.4, 0.5) is 4.39 Å². The molecule has 1 saturated carbocycles. The Bertz CT molecular complexity index is 805. The van der Waals surface area contributed by atoms with Gasteiger partial charge in [0.1, 0.15) is 5.82 Å². The fourth-order valence-electron chi connectivity index (χ4n) is 4.26. The molecule has 2 bridgehead atoms. The maximum absolute atomic E-state index is 13.8. The molecule has 3 nitrogen and oxygen atoms in total. The first-order valence-corrected chi connectivity index (χ1v) is 8.75. The summed E-state index contributed by atoms with van der Waals surface area (Å²) in [4.78, 5) is 19.4. The van der Waals surface area contributed by atoms with Gasteiger partial charge >= 0.3 is 0 Å². The number of fused-ring (bicyclic) bond motifs is 2. The molecule has 1 aromatic carbocycles. The van der Waals surface area contributed by atoms with Gasteiger partial charge in [-0.05, 0) is 54.5 Å². The third kappa shape index (κ3) is 2.97. The second-order valence-electron chi connectivity index (χ2n) is 7.05. The standard InChI is InChI=1S/C21H21FN2O/c1-24(21(25)18-12-14-8-9-15(18)11-14)20(19-7-2-3-10-23-19)16-5-4-6-17(22)13-16/h2-10,13-15,18,20H,11-12H2,1H3/t14-,15-,18+,20+/m1/s1. The highest BCUT2D eigenvalue weighted by molar-refractivity contribution is 5.80. The summed E-state index contributed by atoms with van der Waals surface area (Å²) in [5.41, 5.74) is 1.50. The van der Waals surface area contributed by atoms with E-state index in [9.17, 15) is 9.18 Å². The fourth-order valence-corrected chi connectivity index (χ4v) is 4.26. The number of carbonyl (C=O) groups is 1. The molecule has 2 aliphatic rings. The molecule has 0 N–H and O–H groups in total. The van der Waals surface area contributed by atoms with E-state index in [4.69, 9.17) is 0 Å². The van der Waals surface area contributed by atoms with Crippen LogP contribution in [-0.4, -0.2) is 22.8 Å². The summed E-state index contributed by atoms with van der Waals surface area (Å²) >= 11 is 0. The van der Waals surface area contributed by atoms with E-state index in [0.29, 0.717) is 11.8 Å². The largest absolute Gasteiger partial charge is 0.333 e. The minimum absolute atomic E-state index is 0.0276. The summed E-state index contributed by atoms with van der Waals surface area (Å²) in [7, 11) is 1.81. The molecule has 2 aromatic rings. The van der Waals surface area contributed by atoms with E-state index >= 15 is 0 Å². The smallest absolute Gasteiger partial charge is 0.226 e. The first-order chi connectivity index (χ1) is 12.1. The lowest BCUT2D eigenvalue weighted by molar-refractivity contribution is -0.136. The lowest BCUT2D eigenvalue weighted by Gasteiger charge is -2.32. The highest BCUT2D eigenvalue weighted by Gasteiger charge is 2.42. The quantitative estimate of drug-likeness (QED) is 0.791. The molecule has 1 amide bonds. The van der Waals surface area contributed by atoms with E-state index in [1.165, 1.54) is 12.1 Å². The molecule has 4 heteroatoms. The van der Waals surface area contributed by atoms with Crippen LogP contribution in [0.2, 0.25) is 0 Å². The molecule has 0 radical (unpaired) electrons. The van der Waals surface area contributed by atoms with Gasteiger partial charge in [-0.2, -0.15) is 0 Å².